The molecule has 0 radical (unpaired) electrons. The summed E-state index contributed by atoms with van der Waals surface area (Å²) < 4.78 is 34.8. The van der Waals surface area contributed by atoms with Crippen molar-refractivity contribution in [1.29, 1.82) is 0 Å². The minimum Gasteiger partial charge on any atom is -0.480 e. The van der Waals surface area contributed by atoms with Crippen LogP contribution in [-0.2, 0) is 49.8 Å². The van der Waals surface area contributed by atoms with Crippen molar-refractivity contribution < 1.29 is 48.0 Å². The molecule has 0 heterocycles. The third-order valence-corrected chi connectivity index (χ3v) is 14.3. The molecule has 0 saturated heterocycles. The normalized spacial score (nSPS) is 18.2. The molecule has 2 saturated carbocycles. The van der Waals surface area contributed by atoms with Gasteiger partial charge in [0, 0.05) is 36.3 Å². The Morgan fingerprint density at radius 1 is 0.529 bits per heavy atom. The molecule has 4 aromatic carbocycles. The van der Waals surface area contributed by atoms with Crippen LogP contribution in [0.2, 0.25) is 0 Å². The molecule has 380 valence electrons. The summed E-state index contributed by atoms with van der Waals surface area (Å²) in [6.07, 6.45) is 18.9. The van der Waals surface area contributed by atoms with Gasteiger partial charge in [-0.05, 0) is 117 Å². The second-order valence-corrected chi connectivity index (χ2v) is 19.5. The summed E-state index contributed by atoms with van der Waals surface area (Å²) in [5.41, 5.74) is 3.66. The number of carbonyl (C=O) groups excluding carboxylic acids is 1. The van der Waals surface area contributed by atoms with E-state index in [1.54, 1.807) is 19.1 Å². The standard InChI is InChI=1S/C30H40FNO4.C28H36FNO4/c1-3-5-6-7-8-9-10-22-11-14-24(15-12-22)26-16-13-23(19-27(26)31)21-32-25-17-18-30(20-25,28(33)34)29(35)36-4-2;1-2-3-4-5-6-7-8-20-9-12-22(13-10-20)24-14-11-21(17-25(24)29)19-30-23-15-16-28(18-23,26(31)32)27(33)34/h11-16,19,25,32H,3-10,17-18,20-21H2,1-2H3,(H,33,34);9-14,17,23,30H,2-8,15-16,18-19H2,1H3,(H,31,32)(H,33,34). The average Bonchev–Trinajstić information content (AvgIpc) is 4.01. The van der Waals surface area contributed by atoms with Gasteiger partial charge in [0.15, 0.2) is 10.8 Å². The molecule has 70 heavy (non-hydrogen) atoms. The van der Waals surface area contributed by atoms with Crippen LogP contribution >= 0.6 is 0 Å². The van der Waals surface area contributed by atoms with E-state index in [0.717, 1.165) is 35.1 Å². The van der Waals surface area contributed by atoms with Crippen molar-refractivity contribution in [2.75, 3.05) is 6.61 Å². The molecule has 12 heteroatoms. The first-order chi connectivity index (χ1) is 33.7. The number of benzene rings is 4. The van der Waals surface area contributed by atoms with Crippen LogP contribution in [-0.4, -0.2) is 57.9 Å². The van der Waals surface area contributed by atoms with Crippen molar-refractivity contribution in [2.24, 2.45) is 10.8 Å². The fourth-order valence-electron chi connectivity index (χ4n) is 9.91. The number of aliphatic carboxylic acids is 3. The van der Waals surface area contributed by atoms with Gasteiger partial charge in [-0.2, -0.15) is 0 Å². The quantitative estimate of drug-likeness (QED) is 0.0221. The second-order valence-electron chi connectivity index (χ2n) is 19.5. The zero-order valence-electron chi connectivity index (χ0n) is 41.6. The number of carbonyl (C=O) groups is 4. The van der Waals surface area contributed by atoms with Gasteiger partial charge in [-0.15, -0.1) is 0 Å². The largest absolute Gasteiger partial charge is 0.480 e. The topological polar surface area (TPSA) is 162 Å². The van der Waals surface area contributed by atoms with Crippen LogP contribution in [0.25, 0.3) is 22.3 Å². The highest BCUT2D eigenvalue weighted by atomic mass is 19.1. The fraction of sp³-hybridized carbons (Fsp3) is 0.517. The highest BCUT2D eigenvalue weighted by Crippen LogP contribution is 2.41. The lowest BCUT2D eigenvalue weighted by molar-refractivity contribution is -0.168. The van der Waals surface area contributed by atoms with Crippen LogP contribution in [0.3, 0.4) is 0 Å². The third-order valence-electron chi connectivity index (χ3n) is 14.3. The molecular weight excluding hydrogens is 891 g/mol. The molecule has 0 spiro atoms. The number of esters is 1. The summed E-state index contributed by atoms with van der Waals surface area (Å²) in [4.78, 5) is 47.0. The molecule has 0 bridgehead atoms. The van der Waals surface area contributed by atoms with E-state index < -0.39 is 34.7 Å². The average molecular weight is 967 g/mol. The van der Waals surface area contributed by atoms with Crippen molar-refractivity contribution in [3.63, 3.8) is 0 Å². The molecule has 0 amide bonds. The van der Waals surface area contributed by atoms with Crippen LogP contribution in [0.4, 0.5) is 8.78 Å². The molecule has 5 N–H and O–H groups in total. The molecule has 10 nitrogen and oxygen atoms in total. The van der Waals surface area contributed by atoms with E-state index in [-0.39, 0.29) is 56.0 Å². The number of hydrogen-bond donors (Lipinski definition) is 5. The Labute approximate surface area is 414 Å². The molecule has 2 aliphatic carbocycles. The number of unbranched alkanes of at least 4 members (excludes halogenated alkanes) is 10. The molecule has 3 unspecified atom stereocenters. The first-order valence-corrected chi connectivity index (χ1v) is 25.8. The first kappa shape index (κ1) is 55.5. The third kappa shape index (κ3) is 15.5. The van der Waals surface area contributed by atoms with Gasteiger partial charge in [0.05, 0.1) is 6.61 Å². The molecule has 0 aromatic heterocycles. The number of aryl methyl sites for hydroxylation is 2. The number of nitrogens with one attached hydrogen (secondary N) is 2. The van der Waals surface area contributed by atoms with Crippen molar-refractivity contribution in [3.8, 4) is 22.3 Å². The van der Waals surface area contributed by atoms with Crippen LogP contribution < -0.4 is 10.6 Å². The van der Waals surface area contributed by atoms with Gasteiger partial charge in [-0.25, -0.2) is 8.78 Å². The van der Waals surface area contributed by atoms with E-state index in [4.69, 9.17) is 4.74 Å². The number of carboxylic acid groups (broad SMARTS) is 3. The Bertz CT molecular complexity index is 2290. The monoisotopic (exact) mass is 967 g/mol. The van der Waals surface area contributed by atoms with Gasteiger partial charge in [0.2, 0.25) is 0 Å². The lowest BCUT2D eigenvalue weighted by atomic mass is 9.86. The number of hydrogen-bond acceptors (Lipinski definition) is 7. The summed E-state index contributed by atoms with van der Waals surface area (Å²) in [6, 6.07) is 26.2. The maximum atomic E-state index is 14.9. The Kier molecular flexibility index (Phi) is 22.0. The van der Waals surface area contributed by atoms with Gasteiger partial charge in [-0.3, -0.25) is 19.2 Å². The molecule has 4 aromatic rings. The highest BCUT2D eigenvalue weighted by Gasteiger charge is 2.53. The van der Waals surface area contributed by atoms with E-state index in [0.29, 0.717) is 37.1 Å². The second kappa shape index (κ2) is 27.8. The van der Waals surface area contributed by atoms with Crippen molar-refractivity contribution in [1.82, 2.24) is 10.6 Å². The maximum Gasteiger partial charge on any atom is 0.323 e. The summed E-state index contributed by atoms with van der Waals surface area (Å²) in [5.74, 6) is -4.99. The Morgan fingerprint density at radius 3 is 1.27 bits per heavy atom. The lowest BCUT2D eigenvalue weighted by Gasteiger charge is -2.22. The van der Waals surface area contributed by atoms with Crippen molar-refractivity contribution >= 4 is 23.9 Å². The minimum absolute atomic E-state index is 0.0311. The molecule has 6 rings (SSSR count). The minimum atomic E-state index is -1.73. The van der Waals surface area contributed by atoms with Crippen LogP contribution in [0.5, 0.6) is 0 Å². The van der Waals surface area contributed by atoms with Gasteiger partial charge in [0.25, 0.3) is 0 Å². The van der Waals surface area contributed by atoms with Gasteiger partial charge >= 0.3 is 23.9 Å². The zero-order chi connectivity index (χ0) is 50.5. The lowest BCUT2D eigenvalue weighted by Crippen LogP contribution is -2.40. The Morgan fingerprint density at radius 2 is 0.900 bits per heavy atom. The Balaban J connectivity index is 0.000000261. The number of ether oxygens (including phenoxy) is 1. The van der Waals surface area contributed by atoms with E-state index in [9.17, 15) is 43.3 Å². The first-order valence-electron chi connectivity index (χ1n) is 25.8. The number of halogens is 2. The predicted molar refractivity (Wildman–Crippen MR) is 271 cm³/mol. The SMILES string of the molecule is CCCCCCCCc1ccc(-c2ccc(CNC3CCC(C(=O)O)(C(=O)O)C3)cc2F)cc1.CCCCCCCCc1ccc(-c2ccc(CNC3CCC(C(=O)O)(C(=O)OCC)C3)cc2F)cc1. The van der Waals surface area contributed by atoms with Gasteiger partial charge < -0.3 is 30.7 Å². The Hall–Kier alpha value is -5.46. The van der Waals surface area contributed by atoms with Crippen LogP contribution in [0.1, 0.15) is 159 Å². The van der Waals surface area contributed by atoms with E-state index in [1.165, 1.54) is 100 Å². The fourth-order valence-corrected chi connectivity index (χ4v) is 9.91. The number of rotatable bonds is 27. The van der Waals surface area contributed by atoms with E-state index in [1.807, 2.05) is 36.4 Å². The zero-order valence-corrected chi connectivity index (χ0v) is 41.6. The van der Waals surface area contributed by atoms with Crippen LogP contribution in [0.15, 0.2) is 84.9 Å². The van der Waals surface area contributed by atoms with E-state index in [2.05, 4.69) is 48.7 Å². The summed E-state index contributed by atoms with van der Waals surface area (Å²) in [7, 11) is 0. The summed E-state index contributed by atoms with van der Waals surface area (Å²) >= 11 is 0. The van der Waals surface area contributed by atoms with E-state index >= 15 is 0 Å². The molecule has 2 aliphatic rings. The van der Waals surface area contributed by atoms with Crippen LogP contribution in [0, 0.1) is 22.5 Å². The van der Waals surface area contributed by atoms with Crippen molar-refractivity contribution in [2.45, 2.75) is 174 Å². The number of carboxylic acids is 3. The maximum absolute atomic E-state index is 14.9. The smallest absolute Gasteiger partial charge is 0.323 e. The predicted octanol–water partition coefficient (Wildman–Crippen LogP) is 12.9. The van der Waals surface area contributed by atoms with Gasteiger partial charge in [-0.1, -0.05) is 151 Å². The molecule has 2 fully saturated rings. The summed E-state index contributed by atoms with van der Waals surface area (Å²) in [6.45, 7) is 7.03. The molecule has 3 atom stereocenters. The molecular formula is C58H76F2N2O8. The van der Waals surface area contributed by atoms with Gasteiger partial charge in [0.1, 0.15) is 11.6 Å². The summed E-state index contributed by atoms with van der Waals surface area (Å²) in [5, 5.41) is 34.9. The molecule has 0 aliphatic heterocycles. The van der Waals surface area contributed by atoms with Crippen molar-refractivity contribution in [3.05, 3.63) is 119 Å². The highest BCUT2D eigenvalue weighted by molar-refractivity contribution is 6.00.